The number of pyridine rings is 1. The summed E-state index contributed by atoms with van der Waals surface area (Å²) in [6.45, 7) is 0.579. The molecule has 2 aliphatic rings. The lowest BCUT2D eigenvalue weighted by atomic mass is 9.80. The van der Waals surface area contributed by atoms with Crippen molar-refractivity contribution in [3.05, 3.63) is 101 Å². The molecule has 0 spiro atoms. The highest BCUT2D eigenvalue weighted by Crippen LogP contribution is 2.45. The molecule has 1 amide bonds. The number of hydrogen-bond acceptors (Lipinski definition) is 6. The normalized spacial score (nSPS) is 21.2. The van der Waals surface area contributed by atoms with Crippen molar-refractivity contribution in [3.8, 4) is 0 Å². The second kappa shape index (κ2) is 9.67. The van der Waals surface area contributed by atoms with Gasteiger partial charge in [-0.3, -0.25) is 14.6 Å². The molecule has 3 heterocycles. The quantitative estimate of drug-likeness (QED) is 0.540. The van der Waals surface area contributed by atoms with E-state index < -0.39 is 17.2 Å². The molecule has 1 fully saturated rings. The van der Waals surface area contributed by atoms with Gasteiger partial charge in [0.1, 0.15) is 22.9 Å². The number of Topliss-reactive ketones (excluding diaryl/α,β-unsaturated/α-hetero) is 1. The van der Waals surface area contributed by atoms with E-state index in [1.165, 1.54) is 30.0 Å². The summed E-state index contributed by atoms with van der Waals surface area (Å²) in [5.41, 5.74) is 0.526. The van der Waals surface area contributed by atoms with E-state index in [2.05, 4.69) is 10.3 Å². The Balaban J connectivity index is 1.44. The van der Waals surface area contributed by atoms with Gasteiger partial charge in [0.2, 0.25) is 0 Å². The van der Waals surface area contributed by atoms with E-state index in [0.29, 0.717) is 34.2 Å². The van der Waals surface area contributed by atoms with Crippen LogP contribution in [0.4, 0.5) is 8.78 Å². The van der Waals surface area contributed by atoms with Crippen molar-refractivity contribution < 1.29 is 23.1 Å². The van der Waals surface area contributed by atoms with Crippen LogP contribution < -0.4 is 5.32 Å². The Morgan fingerprint density at radius 1 is 1.11 bits per heavy atom. The number of rotatable bonds is 5. The molecule has 0 radical (unpaired) electrons. The third kappa shape index (κ3) is 4.74. The lowest BCUT2D eigenvalue weighted by molar-refractivity contribution is 0.0972. The number of nitrogens with zero attached hydrogens (tertiary/aromatic N) is 2. The number of halogens is 2. The third-order valence-corrected chi connectivity index (χ3v) is 7.21. The van der Waals surface area contributed by atoms with Crippen LogP contribution in [0.3, 0.4) is 0 Å². The number of ether oxygens (including phenoxy) is 1. The van der Waals surface area contributed by atoms with Gasteiger partial charge in [-0.2, -0.15) is 0 Å². The molecule has 1 aromatic heterocycles. The van der Waals surface area contributed by atoms with Gasteiger partial charge >= 0.3 is 0 Å². The van der Waals surface area contributed by atoms with Crippen molar-refractivity contribution in [2.24, 2.45) is 10.9 Å². The van der Waals surface area contributed by atoms with Crippen molar-refractivity contribution in [2.45, 2.75) is 12.0 Å². The topological polar surface area (TPSA) is 80.7 Å². The predicted molar refractivity (Wildman–Crippen MR) is 128 cm³/mol. The van der Waals surface area contributed by atoms with E-state index in [4.69, 9.17) is 9.73 Å². The maximum atomic E-state index is 15.2. The first-order chi connectivity index (χ1) is 16.9. The number of aliphatic imine (C=N–C) groups is 1. The van der Waals surface area contributed by atoms with Gasteiger partial charge in [-0.15, -0.1) is 0 Å². The number of amidine groups is 1. The van der Waals surface area contributed by atoms with Crippen LogP contribution in [-0.4, -0.2) is 40.8 Å². The van der Waals surface area contributed by atoms with Crippen LogP contribution in [0, 0.1) is 17.6 Å². The minimum absolute atomic E-state index is 0.0242. The Kier molecular flexibility index (Phi) is 6.44. The van der Waals surface area contributed by atoms with Gasteiger partial charge < -0.3 is 10.1 Å². The van der Waals surface area contributed by atoms with Crippen LogP contribution in [0.2, 0.25) is 0 Å². The first-order valence-corrected chi connectivity index (χ1v) is 12.0. The summed E-state index contributed by atoms with van der Waals surface area (Å²) in [6.07, 6.45) is 0.964. The number of fused-ring (bicyclic) bond motifs is 1. The number of ketones is 1. The first kappa shape index (κ1) is 23.3. The number of thioether (sulfide) groups is 1. The van der Waals surface area contributed by atoms with Crippen LogP contribution in [0.15, 0.2) is 71.9 Å². The SMILES string of the molecule is O=C(NC1=N[C@@]2(c3cc(CC(=O)c4ccc(F)cn4)ccc3F)COC[C@H]2CS1)c1ccccc1. The zero-order valence-electron chi connectivity index (χ0n) is 18.5. The maximum absolute atomic E-state index is 15.2. The molecule has 178 valence electrons. The van der Waals surface area contributed by atoms with Crippen LogP contribution in [0.1, 0.15) is 32.0 Å². The van der Waals surface area contributed by atoms with E-state index in [-0.39, 0.29) is 36.3 Å². The molecule has 2 aliphatic heterocycles. The number of hydrogen-bond donors (Lipinski definition) is 1. The Morgan fingerprint density at radius 2 is 1.94 bits per heavy atom. The highest BCUT2D eigenvalue weighted by Gasteiger charge is 2.49. The van der Waals surface area contributed by atoms with Crippen molar-refractivity contribution in [1.82, 2.24) is 10.3 Å². The molecule has 6 nitrogen and oxygen atoms in total. The lowest BCUT2D eigenvalue weighted by Gasteiger charge is -2.35. The van der Waals surface area contributed by atoms with Crippen molar-refractivity contribution in [3.63, 3.8) is 0 Å². The van der Waals surface area contributed by atoms with Gasteiger partial charge in [0.05, 0.1) is 19.4 Å². The van der Waals surface area contributed by atoms with Gasteiger partial charge in [-0.1, -0.05) is 36.0 Å². The molecule has 3 aromatic rings. The summed E-state index contributed by atoms with van der Waals surface area (Å²) in [7, 11) is 0. The third-order valence-electron chi connectivity index (χ3n) is 6.17. The zero-order valence-corrected chi connectivity index (χ0v) is 19.4. The Labute approximate surface area is 204 Å². The fourth-order valence-corrected chi connectivity index (χ4v) is 5.45. The Morgan fingerprint density at radius 3 is 2.71 bits per heavy atom. The van der Waals surface area contributed by atoms with Crippen LogP contribution in [0.25, 0.3) is 0 Å². The maximum Gasteiger partial charge on any atom is 0.257 e. The second-order valence-corrected chi connectivity index (χ2v) is 9.47. The summed E-state index contributed by atoms with van der Waals surface area (Å²) in [5, 5.41) is 3.24. The van der Waals surface area contributed by atoms with E-state index >= 15 is 4.39 Å². The number of carbonyl (C=O) groups is 2. The molecule has 1 N–H and O–H groups in total. The van der Waals surface area contributed by atoms with Crippen LogP contribution in [-0.2, 0) is 16.7 Å². The van der Waals surface area contributed by atoms with Gasteiger partial charge in [0.25, 0.3) is 5.91 Å². The second-order valence-electron chi connectivity index (χ2n) is 8.46. The average Bonchev–Trinajstić information content (AvgIpc) is 3.30. The monoisotopic (exact) mass is 493 g/mol. The van der Waals surface area contributed by atoms with Crippen molar-refractivity contribution in [1.29, 1.82) is 0 Å². The summed E-state index contributed by atoms with van der Waals surface area (Å²) in [5.74, 6) is -1.09. The Hall–Kier alpha value is -3.43. The first-order valence-electron chi connectivity index (χ1n) is 11.0. The minimum Gasteiger partial charge on any atom is -0.378 e. The highest BCUT2D eigenvalue weighted by molar-refractivity contribution is 8.13. The summed E-state index contributed by atoms with van der Waals surface area (Å²) < 4.78 is 34.1. The van der Waals surface area contributed by atoms with Crippen molar-refractivity contribution >= 4 is 28.6 Å². The smallest absolute Gasteiger partial charge is 0.257 e. The molecule has 0 aliphatic carbocycles. The molecule has 0 bridgehead atoms. The van der Waals surface area contributed by atoms with Crippen LogP contribution >= 0.6 is 11.8 Å². The zero-order chi connectivity index (χ0) is 24.4. The average molecular weight is 494 g/mol. The largest absolute Gasteiger partial charge is 0.378 e. The summed E-state index contributed by atoms with van der Waals surface area (Å²) >= 11 is 1.40. The molecule has 9 heteroatoms. The molecule has 2 atom stereocenters. The molecule has 35 heavy (non-hydrogen) atoms. The van der Waals surface area contributed by atoms with E-state index in [1.54, 1.807) is 36.4 Å². The van der Waals surface area contributed by atoms with Crippen molar-refractivity contribution in [2.75, 3.05) is 19.0 Å². The molecular formula is C26H21F2N3O3S. The Bertz CT molecular complexity index is 1300. The minimum atomic E-state index is -1.01. The lowest BCUT2D eigenvalue weighted by Crippen LogP contribution is -2.42. The van der Waals surface area contributed by atoms with Gasteiger partial charge in [-0.25, -0.2) is 13.8 Å². The molecule has 0 saturated carbocycles. The molecule has 2 aromatic carbocycles. The van der Waals surface area contributed by atoms with E-state index in [0.717, 1.165) is 6.20 Å². The molecule has 0 unspecified atom stereocenters. The fraction of sp³-hybridized carbons (Fsp3) is 0.231. The van der Waals surface area contributed by atoms with E-state index in [1.807, 2.05) is 6.07 Å². The fourth-order valence-electron chi connectivity index (χ4n) is 4.33. The van der Waals surface area contributed by atoms with E-state index in [9.17, 15) is 14.0 Å². The van der Waals surface area contributed by atoms with Gasteiger partial charge in [0, 0.05) is 29.2 Å². The molecule has 5 rings (SSSR count). The number of benzene rings is 2. The molecular weight excluding hydrogens is 472 g/mol. The number of amides is 1. The van der Waals surface area contributed by atoms with Crippen LogP contribution in [0.5, 0.6) is 0 Å². The number of aromatic nitrogens is 1. The molecule has 1 saturated heterocycles. The summed E-state index contributed by atoms with van der Waals surface area (Å²) in [4.78, 5) is 34.0. The summed E-state index contributed by atoms with van der Waals surface area (Å²) in [6, 6.07) is 15.8. The highest BCUT2D eigenvalue weighted by atomic mass is 32.2. The van der Waals surface area contributed by atoms with Gasteiger partial charge in [0.15, 0.2) is 11.0 Å². The number of nitrogens with one attached hydrogen (secondary N) is 1. The number of carbonyl (C=O) groups excluding carboxylic acids is 2. The van der Waals surface area contributed by atoms with Gasteiger partial charge in [-0.05, 0) is 42.0 Å². The standard InChI is InChI=1S/C26H21F2N3O3S/c27-19-7-9-22(29-12-19)23(32)11-16-6-8-21(28)20(10-16)26-15-34-13-18(26)14-35-25(31-26)30-24(33)17-4-2-1-3-5-17/h1-10,12,18H,11,13-15H2,(H,30,31,33)/t18-,26-/m0/s1. The predicted octanol–water partition coefficient (Wildman–Crippen LogP) is 4.16.